The van der Waals surface area contributed by atoms with E-state index in [1.807, 2.05) is 35.0 Å². The lowest BCUT2D eigenvalue weighted by Crippen LogP contribution is -2.25. The number of hydrogen-bond acceptors (Lipinski definition) is 4. The maximum absolute atomic E-state index is 13.8. The second-order valence-electron chi connectivity index (χ2n) is 9.91. The van der Waals surface area contributed by atoms with Crippen molar-refractivity contribution < 1.29 is 18.7 Å². The molecule has 0 fully saturated rings. The van der Waals surface area contributed by atoms with E-state index in [0.717, 1.165) is 28.5 Å². The molecule has 216 valence electrons. The predicted octanol–water partition coefficient (Wildman–Crippen LogP) is 7.66. The van der Waals surface area contributed by atoms with Gasteiger partial charge in [-0.25, -0.2) is 4.39 Å². The van der Waals surface area contributed by atoms with Crippen LogP contribution in [-0.2, 0) is 16.1 Å². The van der Waals surface area contributed by atoms with Crippen LogP contribution in [0.3, 0.4) is 0 Å². The van der Waals surface area contributed by atoms with Gasteiger partial charge in [-0.15, -0.1) is 0 Å². The van der Waals surface area contributed by atoms with Crippen LogP contribution >= 0.6 is 23.2 Å². The van der Waals surface area contributed by atoms with E-state index in [1.54, 1.807) is 30.5 Å². The second-order valence-corrected chi connectivity index (χ2v) is 10.8. The number of rotatable bonds is 11. The molecule has 5 rings (SSSR count). The Labute approximate surface area is 252 Å². The molecule has 2 N–H and O–H groups in total. The number of halogens is 3. The lowest BCUT2D eigenvalue weighted by molar-refractivity contribution is -0.140. The molecular formula is C32H29Cl2FN4O3. The molecule has 0 aliphatic heterocycles. The molecule has 0 spiro atoms. The van der Waals surface area contributed by atoms with Gasteiger partial charge in [-0.3, -0.25) is 14.3 Å². The van der Waals surface area contributed by atoms with Gasteiger partial charge in [-0.2, -0.15) is 5.10 Å². The monoisotopic (exact) mass is 606 g/mol. The summed E-state index contributed by atoms with van der Waals surface area (Å²) < 4.78 is 20.4. The summed E-state index contributed by atoms with van der Waals surface area (Å²) in [6.45, 7) is 0.847. The van der Waals surface area contributed by atoms with Crippen LogP contribution in [0.2, 0.25) is 10.0 Å². The van der Waals surface area contributed by atoms with Crippen LogP contribution in [0.25, 0.3) is 33.3 Å². The first-order chi connectivity index (χ1) is 20.3. The molecule has 42 heavy (non-hydrogen) atoms. The lowest BCUT2D eigenvalue weighted by atomic mass is 9.98. The molecule has 2 heterocycles. The number of hydrogen-bond donors (Lipinski definition) is 2. The highest BCUT2D eigenvalue weighted by Crippen LogP contribution is 2.40. The zero-order valence-electron chi connectivity index (χ0n) is 22.9. The Balaban J connectivity index is 1.55. The van der Waals surface area contributed by atoms with E-state index in [1.165, 1.54) is 19.2 Å². The average Bonchev–Trinajstić information content (AvgIpc) is 3.56. The molecule has 0 unspecified atom stereocenters. The zero-order valence-corrected chi connectivity index (χ0v) is 24.4. The SMILES string of the molecule is COC(=O)CCCCCNC(=O)c1[nH]c2cc(Cl)ccc2c1-c1c(-c2ccc(F)cc2)cnn1Cc1ccc(Cl)cc1. The van der Waals surface area contributed by atoms with Crippen LogP contribution < -0.4 is 5.32 Å². The maximum atomic E-state index is 13.8. The van der Waals surface area contributed by atoms with Gasteiger partial charge in [-0.1, -0.05) is 60.0 Å². The van der Waals surface area contributed by atoms with Crippen LogP contribution in [0, 0.1) is 5.82 Å². The number of esters is 1. The molecule has 7 nitrogen and oxygen atoms in total. The number of aromatic amines is 1. The normalized spacial score (nSPS) is 11.1. The minimum absolute atomic E-state index is 0.243. The lowest BCUT2D eigenvalue weighted by Gasteiger charge is -2.13. The van der Waals surface area contributed by atoms with Gasteiger partial charge in [0, 0.05) is 45.0 Å². The van der Waals surface area contributed by atoms with Gasteiger partial charge in [0.05, 0.1) is 25.5 Å². The van der Waals surface area contributed by atoms with Gasteiger partial charge in [0.2, 0.25) is 0 Å². The van der Waals surface area contributed by atoms with Gasteiger partial charge >= 0.3 is 5.97 Å². The van der Waals surface area contributed by atoms with E-state index in [0.29, 0.717) is 64.9 Å². The first kappa shape index (κ1) is 29.4. The number of aromatic nitrogens is 3. The van der Waals surface area contributed by atoms with Gasteiger partial charge in [0.1, 0.15) is 11.5 Å². The van der Waals surface area contributed by atoms with E-state index in [-0.39, 0.29) is 17.7 Å². The van der Waals surface area contributed by atoms with Crippen molar-refractivity contribution in [2.24, 2.45) is 0 Å². The number of nitrogens with zero attached hydrogens (tertiary/aromatic N) is 2. The van der Waals surface area contributed by atoms with Crippen LogP contribution in [0.15, 0.2) is 72.9 Å². The fourth-order valence-corrected chi connectivity index (χ4v) is 5.22. The highest BCUT2D eigenvalue weighted by Gasteiger charge is 2.26. The summed E-state index contributed by atoms with van der Waals surface area (Å²) >= 11 is 12.4. The molecule has 0 saturated heterocycles. The maximum Gasteiger partial charge on any atom is 0.305 e. The third-order valence-electron chi connectivity index (χ3n) is 7.04. The van der Waals surface area contributed by atoms with Crippen molar-refractivity contribution in [1.82, 2.24) is 20.1 Å². The molecule has 10 heteroatoms. The number of ether oxygens (including phenoxy) is 1. The van der Waals surface area contributed by atoms with Gasteiger partial charge in [-0.05, 0) is 60.4 Å². The zero-order chi connectivity index (χ0) is 29.6. The minimum Gasteiger partial charge on any atom is -0.469 e. The van der Waals surface area contributed by atoms with E-state index in [4.69, 9.17) is 28.3 Å². The number of carbonyl (C=O) groups excluding carboxylic acids is 2. The topological polar surface area (TPSA) is 89.0 Å². The Morgan fingerprint density at radius 3 is 2.45 bits per heavy atom. The van der Waals surface area contributed by atoms with Gasteiger partial charge < -0.3 is 15.0 Å². The Kier molecular flexibility index (Phi) is 9.25. The largest absolute Gasteiger partial charge is 0.469 e. The van der Waals surface area contributed by atoms with Crippen LogP contribution in [0.5, 0.6) is 0 Å². The van der Waals surface area contributed by atoms with E-state index < -0.39 is 0 Å². The van der Waals surface area contributed by atoms with Crippen molar-refractivity contribution in [3.8, 4) is 22.4 Å². The highest BCUT2D eigenvalue weighted by atomic mass is 35.5. The molecule has 1 amide bonds. The molecule has 5 aromatic rings. The summed E-state index contributed by atoms with van der Waals surface area (Å²) in [5.74, 6) is -0.871. The van der Waals surface area contributed by atoms with E-state index >= 15 is 0 Å². The Morgan fingerprint density at radius 2 is 1.71 bits per heavy atom. The number of H-pyrrole nitrogens is 1. The van der Waals surface area contributed by atoms with Crippen molar-refractivity contribution in [1.29, 1.82) is 0 Å². The summed E-state index contributed by atoms with van der Waals surface area (Å²) in [7, 11) is 1.37. The highest BCUT2D eigenvalue weighted by molar-refractivity contribution is 6.31. The van der Waals surface area contributed by atoms with Crippen LogP contribution in [0.1, 0.15) is 41.7 Å². The number of fused-ring (bicyclic) bond motifs is 1. The first-order valence-electron chi connectivity index (χ1n) is 13.6. The number of carbonyl (C=O) groups is 2. The standard InChI is InChI=1S/C32H29Cl2FN4O3/c1-42-28(40)5-3-2-4-16-36-32(41)30-29(25-15-12-23(34)17-27(25)38-30)31-26(21-8-13-24(35)14-9-21)18-37-39(31)19-20-6-10-22(33)11-7-20/h6-15,17-18,38H,2-5,16,19H2,1H3,(H,36,41). The van der Waals surface area contributed by atoms with Crippen molar-refractivity contribution in [2.75, 3.05) is 13.7 Å². The second kappa shape index (κ2) is 13.2. The third kappa shape index (κ3) is 6.66. The summed E-state index contributed by atoms with van der Waals surface area (Å²) in [6, 6.07) is 19.1. The number of nitrogens with one attached hydrogen (secondary N) is 2. The van der Waals surface area contributed by atoms with Crippen molar-refractivity contribution in [3.63, 3.8) is 0 Å². The predicted molar refractivity (Wildman–Crippen MR) is 163 cm³/mol. The van der Waals surface area contributed by atoms with E-state index in [9.17, 15) is 14.0 Å². The third-order valence-corrected chi connectivity index (χ3v) is 7.52. The molecule has 0 aliphatic carbocycles. The van der Waals surface area contributed by atoms with Crippen LogP contribution in [-0.4, -0.2) is 40.3 Å². The Hall–Kier alpha value is -4.14. The summed E-state index contributed by atoms with van der Waals surface area (Å²) in [6.07, 6.45) is 4.24. The molecular weight excluding hydrogens is 578 g/mol. The van der Waals surface area contributed by atoms with Crippen LogP contribution in [0.4, 0.5) is 4.39 Å². The number of amides is 1. The first-order valence-corrected chi connectivity index (χ1v) is 14.3. The molecule has 0 bridgehead atoms. The number of methoxy groups -OCH3 is 1. The smallest absolute Gasteiger partial charge is 0.305 e. The number of benzene rings is 3. The fourth-order valence-electron chi connectivity index (χ4n) is 4.92. The molecule has 0 atom stereocenters. The molecule has 0 saturated carbocycles. The van der Waals surface area contributed by atoms with Crippen molar-refractivity contribution in [2.45, 2.75) is 32.2 Å². The summed E-state index contributed by atoms with van der Waals surface area (Å²) in [5.41, 5.74) is 4.90. The van der Waals surface area contributed by atoms with Gasteiger partial charge in [0.15, 0.2) is 0 Å². The number of unbranched alkanes of at least 4 members (excludes halogenated alkanes) is 2. The summed E-state index contributed by atoms with van der Waals surface area (Å²) in [5, 5.41) is 9.67. The molecule has 3 aromatic carbocycles. The Morgan fingerprint density at radius 1 is 0.976 bits per heavy atom. The molecule has 0 radical (unpaired) electrons. The summed E-state index contributed by atoms with van der Waals surface area (Å²) in [4.78, 5) is 28.3. The minimum atomic E-state index is -0.345. The molecule has 2 aromatic heterocycles. The average molecular weight is 608 g/mol. The van der Waals surface area contributed by atoms with Crippen molar-refractivity contribution >= 4 is 46.0 Å². The Bertz CT molecular complexity index is 1710. The quantitative estimate of drug-likeness (QED) is 0.119. The molecule has 0 aliphatic rings. The van der Waals surface area contributed by atoms with E-state index in [2.05, 4.69) is 15.0 Å². The van der Waals surface area contributed by atoms with Crippen molar-refractivity contribution in [3.05, 3.63) is 100 Å². The fraction of sp³-hybridized carbons (Fsp3) is 0.219. The van der Waals surface area contributed by atoms with Gasteiger partial charge in [0.25, 0.3) is 5.91 Å².